The zero-order valence-electron chi connectivity index (χ0n) is 18.3. The smallest absolute Gasteiger partial charge is 0.273 e. The second-order valence-corrected chi connectivity index (χ2v) is 7.20. The van der Waals surface area contributed by atoms with Crippen LogP contribution in [0.25, 0.3) is 11.3 Å². The number of carbonyl (C=O) groups excluding carboxylic acids is 1. The van der Waals surface area contributed by atoms with E-state index in [1.807, 2.05) is 32.0 Å². The first-order chi connectivity index (χ1) is 16.1. The third kappa shape index (κ3) is 5.38. The molecule has 2 aromatic carbocycles. The minimum Gasteiger partial charge on any atom is -0.490 e. The third-order valence-corrected chi connectivity index (χ3v) is 4.81. The van der Waals surface area contributed by atoms with Gasteiger partial charge in [0, 0.05) is 11.8 Å². The molecule has 2 aromatic heterocycles. The van der Waals surface area contributed by atoms with Gasteiger partial charge in [-0.1, -0.05) is 6.07 Å². The van der Waals surface area contributed by atoms with Gasteiger partial charge in [-0.15, -0.1) is 0 Å². The molecule has 0 unspecified atom stereocenters. The second-order valence-electron chi connectivity index (χ2n) is 7.20. The fraction of sp³-hybridized carbons (Fsp3) is 0.208. The van der Waals surface area contributed by atoms with Crippen LogP contribution in [-0.4, -0.2) is 39.1 Å². The molecule has 0 saturated carbocycles. The van der Waals surface area contributed by atoms with Gasteiger partial charge in [0.2, 0.25) is 0 Å². The molecule has 9 heteroatoms. The highest BCUT2D eigenvalue weighted by Crippen LogP contribution is 2.29. The van der Waals surface area contributed by atoms with Crippen LogP contribution in [0.3, 0.4) is 0 Å². The summed E-state index contributed by atoms with van der Waals surface area (Å²) in [5.74, 6) is 0.712. The Morgan fingerprint density at radius 3 is 2.58 bits per heavy atom. The van der Waals surface area contributed by atoms with Gasteiger partial charge in [0.05, 0.1) is 37.3 Å². The Labute approximate surface area is 190 Å². The maximum absolute atomic E-state index is 13.1. The summed E-state index contributed by atoms with van der Waals surface area (Å²) in [5, 5.41) is 14.0. The summed E-state index contributed by atoms with van der Waals surface area (Å²) in [6.45, 7) is 5.45. The van der Waals surface area contributed by atoms with E-state index in [9.17, 15) is 9.18 Å². The summed E-state index contributed by atoms with van der Waals surface area (Å²) >= 11 is 0. The van der Waals surface area contributed by atoms with Crippen molar-refractivity contribution in [3.05, 3.63) is 78.0 Å². The van der Waals surface area contributed by atoms with Crippen molar-refractivity contribution in [2.45, 2.75) is 20.4 Å². The van der Waals surface area contributed by atoms with Crippen molar-refractivity contribution in [3.63, 3.8) is 0 Å². The van der Waals surface area contributed by atoms with Crippen molar-refractivity contribution in [1.82, 2.24) is 20.0 Å². The molecule has 0 saturated heterocycles. The number of halogens is 1. The summed E-state index contributed by atoms with van der Waals surface area (Å²) in [7, 11) is 0. The van der Waals surface area contributed by atoms with Crippen molar-refractivity contribution in [2.24, 2.45) is 0 Å². The molecular formula is C24H24FN5O3. The Bertz CT molecular complexity index is 1230. The molecule has 0 aliphatic rings. The highest BCUT2D eigenvalue weighted by molar-refractivity contribution is 6.03. The Balaban J connectivity index is 1.41. The molecule has 0 aliphatic heterocycles. The van der Waals surface area contributed by atoms with E-state index in [1.54, 1.807) is 35.3 Å². The fourth-order valence-corrected chi connectivity index (χ4v) is 3.30. The molecule has 2 heterocycles. The normalized spacial score (nSPS) is 10.8. The molecule has 8 nitrogen and oxygen atoms in total. The fourth-order valence-electron chi connectivity index (χ4n) is 3.30. The molecular weight excluding hydrogens is 425 g/mol. The maximum atomic E-state index is 13.1. The molecule has 4 rings (SSSR count). The molecule has 1 amide bonds. The second kappa shape index (κ2) is 9.99. The number of aromatic amines is 1. The number of amides is 1. The van der Waals surface area contributed by atoms with Crippen LogP contribution in [0.5, 0.6) is 11.5 Å². The zero-order valence-corrected chi connectivity index (χ0v) is 18.3. The van der Waals surface area contributed by atoms with Crippen LogP contribution >= 0.6 is 0 Å². The number of carbonyl (C=O) groups is 1. The molecule has 170 valence electrons. The average Bonchev–Trinajstić information content (AvgIpc) is 3.46. The molecule has 0 radical (unpaired) electrons. The molecule has 0 aliphatic carbocycles. The highest BCUT2D eigenvalue weighted by Gasteiger charge is 2.13. The third-order valence-electron chi connectivity index (χ3n) is 4.81. The quantitative estimate of drug-likeness (QED) is 0.392. The lowest BCUT2D eigenvalue weighted by Crippen LogP contribution is -2.11. The summed E-state index contributed by atoms with van der Waals surface area (Å²) in [6.07, 6.45) is 3.32. The maximum Gasteiger partial charge on any atom is 0.273 e. The SMILES string of the molecule is CCOc1ccc(Cn2cc(NC(=O)c3cc(-c4ccc(F)cc4)n[nH]3)cn2)cc1OCC. The van der Waals surface area contributed by atoms with Crippen molar-refractivity contribution >= 4 is 11.6 Å². The lowest BCUT2D eigenvalue weighted by molar-refractivity contribution is 0.102. The number of nitrogens with one attached hydrogen (secondary N) is 2. The van der Waals surface area contributed by atoms with Crippen molar-refractivity contribution in [2.75, 3.05) is 18.5 Å². The topological polar surface area (TPSA) is 94.1 Å². The summed E-state index contributed by atoms with van der Waals surface area (Å²) in [6, 6.07) is 13.3. The highest BCUT2D eigenvalue weighted by atomic mass is 19.1. The lowest BCUT2D eigenvalue weighted by atomic mass is 10.1. The van der Waals surface area contributed by atoms with Crippen LogP contribution in [0.15, 0.2) is 60.9 Å². The molecule has 33 heavy (non-hydrogen) atoms. The van der Waals surface area contributed by atoms with E-state index < -0.39 is 0 Å². The Morgan fingerprint density at radius 2 is 1.82 bits per heavy atom. The predicted octanol–water partition coefficient (Wildman–Crippen LogP) is 4.51. The van der Waals surface area contributed by atoms with Gasteiger partial charge in [0.25, 0.3) is 5.91 Å². The van der Waals surface area contributed by atoms with E-state index in [-0.39, 0.29) is 17.4 Å². The average molecular weight is 449 g/mol. The van der Waals surface area contributed by atoms with Crippen molar-refractivity contribution in [1.29, 1.82) is 0 Å². The van der Waals surface area contributed by atoms with E-state index in [2.05, 4.69) is 20.6 Å². The Hall–Kier alpha value is -4.14. The molecule has 0 fully saturated rings. The number of hydrogen-bond acceptors (Lipinski definition) is 5. The van der Waals surface area contributed by atoms with E-state index in [0.717, 1.165) is 5.56 Å². The van der Waals surface area contributed by atoms with Crippen LogP contribution < -0.4 is 14.8 Å². The van der Waals surface area contributed by atoms with Crippen LogP contribution in [0, 0.1) is 5.82 Å². The number of nitrogens with zero attached hydrogens (tertiary/aromatic N) is 3. The number of aromatic nitrogens is 4. The minimum absolute atomic E-state index is 0.287. The van der Waals surface area contributed by atoms with Crippen molar-refractivity contribution in [3.8, 4) is 22.8 Å². The number of H-pyrrole nitrogens is 1. The zero-order chi connectivity index (χ0) is 23.2. The summed E-state index contributed by atoms with van der Waals surface area (Å²) < 4.78 is 26.1. The number of hydrogen-bond donors (Lipinski definition) is 2. The molecule has 0 spiro atoms. The summed E-state index contributed by atoms with van der Waals surface area (Å²) in [4.78, 5) is 12.6. The number of rotatable bonds is 9. The number of anilines is 1. The molecule has 0 atom stereocenters. The van der Waals surface area contributed by atoms with Gasteiger partial charge in [-0.2, -0.15) is 10.2 Å². The Kier molecular flexibility index (Phi) is 6.68. The van der Waals surface area contributed by atoms with Gasteiger partial charge in [-0.05, 0) is 61.9 Å². The first-order valence-corrected chi connectivity index (χ1v) is 10.6. The summed E-state index contributed by atoms with van der Waals surface area (Å²) in [5.41, 5.74) is 3.09. The lowest BCUT2D eigenvalue weighted by Gasteiger charge is -2.12. The van der Waals surface area contributed by atoms with Crippen LogP contribution in [0.2, 0.25) is 0 Å². The monoisotopic (exact) mass is 449 g/mol. The van der Waals surface area contributed by atoms with E-state index >= 15 is 0 Å². The van der Waals surface area contributed by atoms with E-state index in [1.165, 1.54) is 12.1 Å². The van der Waals surface area contributed by atoms with Gasteiger partial charge in [-0.3, -0.25) is 14.6 Å². The first-order valence-electron chi connectivity index (χ1n) is 10.6. The molecule has 2 N–H and O–H groups in total. The van der Waals surface area contributed by atoms with E-state index in [4.69, 9.17) is 9.47 Å². The van der Waals surface area contributed by atoms with Gasteiger partial charge >= 0.3 is 0 Å². The van der Waals surface area contributed by atoms with Gasteiger partial charge in [0.1, 0.15) is 11.5 Å². The Morgan fingerprint density at radius 1 is 1.06 bits per heavy atom. The largest absolute Gasteiger partial charge is 0.490 e. The first kappa shape index (κ1) is 22.1. The number of benzene rings is 2. The number of ether oxygens (including phenoxy) is 2. The van der Waals surface area contributed by atoms with Crippen LogP contribution in [0.1, 0.15) is 29.9 Å². The van der Waals surface area contributed by atoms with Gasteiger partial charge in [0.15, 0.2) is 11.5 Å². The standard InChI is InChI=1S/C24H24FN5O3/c1-3-32-22-10-5-16(11-23(22)33-4-2)14-30-15-19(13-26-30)27-24(31)21-12-20(28-29-21)17-6-8-18(25)9-7-17/h5-13,15H,3-4,14H2,1-2H3,(H,27,31)(H,28,29). The molecule has 4 aromatic rings. The van der Waals surface area contributed by atoms with Gasteiger partial charge in [-0.25, -0.2) is 4.39 Å². The van der Waals surface area contributed by atoms with Crippen molar-refractivity contribution < 1.29 is 18.7 Å². The van der Waals surface area contributed by atoms with Crippen LogP contribution in [0.4, 0.5) is 10.1 Å². The minimum atomic E-state index is -0.352. The van der Waals surface area contributed by atoms with E-state index in [0.29, 0.717) is 48.2 Å². The predicted molar refractivity (Wildman–Crippen MR) is 122 cm³/mol. The van der Waals surface area contributed by atoms with Crippen LogP contribution in [-0.2, 0) is 6.54 Å². The molecule has 0 bridgehead atoms. The van der Waals surface area contributed by atoms with Gasteiger partial charge < -0.3 is 14.8 Å².